The Balaban J connectivity index is 2.13. The number of thiocarbonyl (C=S) groups is 1. The highest BCUT2D eigenvalue weighted by Crippen LogP contribution is 2.36. The van der Waals surface area contributed by atoms with Gasteiger partial charge in [0, 0.05) is 16.8 Å². The lowest BCUT2D eigenvalue weighted by Gasteiger charge is -2.38. The molecule has 6 nitrogen and oxygen atoms in total. The first-order valence-electron chi connectivity index (χ1n) is 7.43. The highest BCUT2D eigenvalue weighted by atomic mass is 32.1. The Morgan fingerprint density at radius 3 is 2.60 bits per heavy atom. The fourth-order valence-electron chi connectivity index (χ4n) is 2.65. The van der Waals surface area contributed by atoms with Crippen molar-refractivity contribution in [2.24, 2.45) is 5.10 Å². The van der Waals surface area contributed by atoms with Crippen LogP contribution in [0.25, 0.3) is 0 Å². The number of carbonyl (C=O) groups excluding carboxylic acids is 1. The number of benzene rings is 2. The van der Waals surface area contributed by atoms with Crippen LogP contribution in [-0.4, -0.2) is 29.4 Å². The van der Waals surface area contributed by atoms with E-state index in [1.54, 1.807) is 12.1 Å². The first kappa shape index (κ1) is 16.6. The molecular formula is C18H14N4O2S. The minimum Gasteiger partial charge on any atom is -0.451 e. The average molecular weight is 350 g/mol. The van der Waals surface area contributed by atoms with Crippen LogP contribution in [0, 0.1) is 11.3 Å². The minimum absolute atomic E-state index is 0.135. The van der Waals surface area contributed by atoms with Crippen LogP contribution in [0.4, 0.5) is 10.5 Å². The molecule has 0 aromatic heterocycles. The van der Waals surface area contributed by atoms with E-state index in [9.17, 15) is 10.1 Å². The number of carbonyl (C=O) groups is 1. The van der Waals surface area contributed by atoms with E-state index in [1.807, 2.05) is 42.5 Å². The van der Waals surface area contributed by atoms with Crippen LogP contribution in [0.2, 0.25) is 0 Å². The average Bonchev–Trinajstić information content (AvgIpc) is 2.67. The van der Waals surface area contributed by atoms with E-state index < -0.39 is 11.6 Å². The molecule has 1 unspecified atom stereocenters. The summed E-state index contributed by atoms with van der Waals surface area (Å²) >= 11 is 5.53. The van der Waals surface area contributed by atoms with Crippen LogP contribution in [0.3, 0.4) is 0 Å². The summed E-state index contributed by atoms with van der Waals surface area (Å²) in [7, 11) is 1.23. The van der Waals surface area contributed by atoms with E-state index in [0.717, 1.165) is 5.01 Å². The number of nitriles is 1. The van der Waals surface area contributed by atoms with Crippen molar-refractivity contribution in [2.75, 3.05) is 12.4 Å². The van der Waals surface area contributed by atoms with Gasteiger partial charge in [-0.3, -0.25) is 0 Å². The van der Waals surface area contributed by atoms with Gasteiger partial charge in [0.25, 0.3) is 0 Å². The number of hydrogen-bond donors (Lipinski definition) is 1. The molecule has 1 atom stereocenters. The third kappa shape index (κ3) is 2.73. The van der Waals surface area contributed by atoms with Gasteiger partial charge in [-0.05, 0) is 12.1 Å². The third-order valence-electron chi connectivity index (χ3n) is 3.85. The molecule has 7 heteroatoms. The highest BCUT2D eigenvalue weighted by molar-refractivity contribution is 7.80. The van der Waals surface area contributed by atoms with Crippen molar-refractivity contribution < 1.29 is 9.53 Å². The standard InChI is InChI=1S/C18H14N4O2S/c1-24-17(23)22-18(12-19,15-10-6-5-7-13(15)11-20-22)16(25)21-14-8-3-2-4-9-14/h2-11H,1H3,(H,21,25). The molecule has 1 N–H and O–H groups in total. The maximum atomic E-state index is 12.3. The lowest BCUT2D eigenvalue weighted by atomic mass is 9.85. The molecule has 0 fully saturated rings. The number of hydrazone groups is 1. The van der Waals surface area contributed by atoms with Crippen LogP contribution < -0.4 is 5.32 Å². The van der Waals surface area contributed by atoms with E-state index >= 15 is 0 Å². The molecule has 3 rings (SSSR count). The number of nitrogens with one attached hydrogen (secondary N) is 1. The number of hydrogen-bond acceptors (Lipinski definition) is 5. The molecule has 0 aliphatic carbocycles. The maximum Gasteiger partial charge on any atom is 0.432 e. The van der Waals surface area contributed by atoms with Gasteiger partial charge in [0.1, 0.15) is 11.1 Å². The van der Waals surface area contributed by atoms with Crippen LogP contribution in [0.15, 0.2) is 59.7 Å². The lowest BCUT2D eigenvalue weighted by Crippen LogP contribution is -2.54. The van der Waals surface area contributed by atoms with Crippen LogP contribution in [0.5, 0.6) is 0 Å². The van der Waals surface area contributed by atoms with Gasteiger partial charge in [-0.15, -0.1) is 0 Å². The first-order chi connectivity index (χ1) is 12.1. The van der Waals surface area contributed by atoms with E-state index in [2.05, 4.69) is 16.5 Å². The second kappa shape index (κ2) is 6.71. The third-order valence-corrected chi connectivity index (χ3v) is 4.25. The fraction of sp³-hybridized carbons (Fsp3) is 0.111. The van der Waals surface area contributed by atoms with Crippen molar-refractivity contribution in [3.05, 3.63) is 65.7 Å². The van der Waals surface area contributed by atoms with Gasteiger partial charge < -0.3 is 10.1 Å². The largest absolute Gasteiger partial charge is 0.451 e. The van der Waals surface area contributed by atoms with Crippen LogP contribution >= 0.6 is 12.2 Å². The topological polar surface area (TPSA) is 77.7 Å². The molecule has 2 aromatic carbocycles. The number of para-hydroxylation sites is 1. The van der Waals surface area contributed by atoms with Crippen LogP contribution in [-0.2, 0) is 10.3 Å². The zero-order chi connectivity index (χ0) is 17.9. The van der Waals surface area contributed by atoms with E-state index in [-0.39, 0.29) is 4.99 Å². The second-order valence-corrected chi connectivity index (χ2v) is 5.66. The van der Waals surface area contributed by atoms with Gasteiger partial charge in [-0.2, -0.15) is 15.4 Å². The van der Waals surface area contributed by atoms with Crippen molar-refractivity contribution in [2.45, 2.75) is 5.54 Å². The highest BCUT2D eigenvalue weighted by Gasteiger charge is 2.50. The van der Waals surface area contributed by atoms with Crippen molar-refractivity contribution in [1.82, 2.24) is 5.01 Å². The lowest BCUT2D eigenvalue weighted by molar-refractivity contribution is 0.104. The molecule has 1 aliphatic heterocycles. The van der Waals surface area contributed by atoms with E-state index in [1.165, 1.54) is 13.3 Å². The summed E-state index contributed by atoms with van der Waals surface area (Å²) in [6.45, 7) is 0. The number of fused-ring (bicyclic) bond motifs is 1. The van der Waals surface area contributed by atoms with Crippen molar-refractivity contribution in [3.63, 3.8) is 0 Å². The summed E-state index contributed by atoms with van der Waals surface area (Å²) in [4.78, 5) is 12.4. The SMILES string of the molecule is COC(=O)N1N=Cc2ccccc2C1(C#N)C(=S)Nc1ccccc1. The molecule has 0 bridgehead atoms. The van der Waals surface area contributed by atoms with Crippen molar-refractivity contribution >= 4 is 35.2 Å². The number of ether oxygens (including phenoxy) is 1. The quantitative estimate of drug-likeness (QED) is 0.841. The van der Waals surface area contributed by atoms with Gasteiger partial charge in [0.15, 0.2) is 0 Å². The number of methoxy groups -OCH3 is 1. The van der Waals surface area contributed by atoms with E-state index in [0.29, 0.717) is 16.8 Å². The number of amides is 1. The summed E-state index contributed by atoms with van der Waals surface area (Å²) in [5, 5.41) is 18.2. The molecule has 0 radical (unpaired) electrons. The Bertz CT molecular complexity index is 891. The second-order valence-electron chi connectivity index (χ2n) is 5.26. The predicted octanol–water partition coefficient (Wildman–Crippen LogP) is 3.26. The van der Waals surface area contributed by atoms with Crippen molar-refractivity contribution in [1.29, 1.82) is 5.26 Å². The summed E-state index contributed by atoms with van der Waals surface area (Å²) in [5.74, 6) is 0. The molecule has 0 spiro atoms. The molecule has 1 aliphatic rings. The van der Waals surface area contributed by atoms with Gasteiger partial charge in [0.05, 0.1) is 13.3 Å². The molecule has 0 saturated heterocycles. The van der Waals surface area contributed by atoms with Gasteiger partial charge in [-0.1, -0.05) is 54.7 Å². The molecule has 0 saturated carbocycles. The maximum absolute atomic E-state index is 12.3. The molecule has 2 aromatic rings. The van der Waals surface area contributed by atoms with Gasteiger partial charge in [0.2, 0.25) is 5.54 Å². The summed E-state index contributed by atoms with van der Waals surface area (Å²) < 4.78 is 4.80. The van der Waals surface area contributed by atoms with Crippen molar-refractivity contribution in [3.8, 4) is 6.07 Å². The number of anilines is 1. The Morgan fingerprint density at radius 2 is 1.92 bits per heavy atom. The zero-order valence-corrected chi connectivity index (χ0v) is 14.2. The molecule has 25 heavy (non-hydrogen) atoms. The van der Waals surface area contributed by atoms with Crippen LogP contribution in [0.1, 0.15) is 11.1 Å². The molecule has 124 valence electrons. The number of rotatable bonds is 2. The summed E-state index contributed by atoms with van der Waals surface area (Å²) in [5.41, 5.74) is 0.371. The predicted molar refractivity (Wildman–Crippen MR) is 98.2 cm³/mol. The Morgan fingerprint density at radius 1 is 1.24 bits per heavy atom. The van der Waals surface area contributed by atoms with E-state index in [4.69, 9.17) is 17.0 Å². The Labute approximate surface area is 150 Å². The Hall–Kier alpha value is -3.24. The normalized spacial score (nSPS) is 18.0. The summed E-state index contributed by atoms with van der Waals surface area (Å²) in [6, 6.07) is 18.5. The van der Waals surface area contributed by atoms with Gasteiger partial charge in [-0.25, -0.2) is 4.79 Å². The molecule has 1 heterocycles. The first-order valence-corrected chi connectivity index (χ1v) is 7.83. The molecule has 1 amide bonds. The minimum atomic E-state index is -1.61. The molecular weight excluding hydrogens is 336 g/mol. The Kier molecular flexibility index (Phi) is 4.46. The zero-order valence-electron chi connectivity index (χ0n) is 13.3. The monoisotopic (exact) mass is 350 g/mol. The van der Waals surface area contributed by atoms with Gasteiger partial charge >= 0.3 is 6.09 Å². The summed E-state index contributed by atoms with van der Waals surface area (Å²) in [6.07, 6.45) is 0.733. The fourth-order valence-corrected chi connectivity index (χ4v) is 3.01. The number of nitrogens with zero attached hydrogens (tertiary/aromatic N) is 3. The smallest absolute Gasteiger partial charge is 0.432 e.